The SMILES string of the molecule is C=Cc1cc(C(=O)Cc2ccc(C(=N)CC(=O)OC(C)OC(=O)C(C)C)cc2)c(-c2ccc(C(=O)NCC3CC3)nc2C(=O)OC(C)OC(=O)[C@@H](N)[C@@H](C)CC)cc1CO. The van der Waals surface area contributed by atoms with Crippen molar-refractivity contribution < 1.29 is 52.8 Å². The molecule has 1 fully saturated rings. The van der Waals surface area contributed by atoms with Crippen molar-refractivity contribution in [1.29, 1.82) is 5.41 Å². The fraction of sp³-hybridized carbons (Fsp3) is 0.422. The third-order valence-electron chi connectivity index (χ3n) is 9.95. The lowest BCUT2D eigenvalue weighted by Crippen LogP contribution is -2.40. The van der Waals surface area contributed by atoms with Crippen LogP contribution in [0.15, 0.2) is 55.1 Å². The number of esters is 4. The molecule has 1 amide bonds. The normalized spacial score (nSPS) is 14.2. The molecular formula is C45H54N4O11. The molecule has 0 bridgehead atoms. The Morgan fingerprint density at radius 3 is 2.17 bits per heavy atom. The van der Waals surface area contributed by atoms with Gasteiger partial charge < -0.3 is 40.5 Å². The number of Topliss-reactive ketones (excluding diaryl/α,β-unsaturated/α-hetero) is 1. The minimum absolute atomic E-state index is 0.0585. The van der Waals surface area contributed by atoms with Crippen molar-refractivity contribution in [1.82, 2.24) is 10.3 Å². The van der Waals surface area contributed by atoms with E-state index in [1.165, 1.54) is 44.2 Å². The number of benzene rings is 2. The highest BCUT2D eigenvalue weighted by molar-refractivity contribution is 6.09. The van der Waals surface area contributed by atoms with Crippen LogP contribution in [0.2, 0.25) is 0 Å². The summed E-state index contributed by atoms with van der Waals surface area (Å²) in [5.74, 6) is -4.26. The molecule has 1 saturated carbocycles. The molecular weight excluding hydrogens is 773 g/mol. The molecule has 4 rings (SSSR count). The van der Waals surface area contributed by atoms with Gasteiger partial charge in [-0.2, -0.15) is 0 Å². The Bertz CT molecular complexity index is 2110. The molecule has 15 nitrogen and oxygen atoms in total. The second-order valence-corrected chi connectivity index (χ2v) is 15.1. The van der Waals surface area contributed by atoms with E-state index in [-0.39, 0.29) is 52.5 Å². The standard InChI is InChI=1S/C45H54N4O11/c1-8-25(5)40(47)44(55)59-27(7)60-45(56)41-33(16-17-37(49-41)42(53)48-22-29-10-11-29)34-20-32(23-50)30(9-2)19-35(34)38(51)18-28-12-14-31(15-13-28)36(46)21-39(52)57-26(6)58-43(54)24(3)4/h9,12-17,19-20,24-27,29,40,46,50H,2,8,10-11,18,21-23,47H2,1,3-7H3,(H,48,53)/t25-,26?,27?,40-/m0/s1. The van der Waals surface area contributed by atoms with Gasteiger partial charge in [-0.3, -0.25) is 24.0 Å². The average Bonchev–Trinajstić information content (AvgIpc) is 4.06. The number of pyridine rings is 1. The number of nitrogens with one attached hydrogen (secondary N) is 2. The first kappa shape index (κ1) is 46.6. The number of nitrogens with two attached hydrogens (primary N) is 1. The van der Waals surface area contributed by atoms with Crippen LogP contribution < -0.4 is 11.1 Å². The van der Waals surface area contributed by atoms with Crippen LogP contribution in [0.3, 0.4) is 0 Å². The Balaban J connectivity index is 1.64. The van der Waals surface area contributed by atoms with Gasteiger partial charge in [-0.05, 0) is 76.8 Å². The number of carbonyl (C=O) groups excluding carboxylic acids is 6. The van der Waals surface area contributed by atoms with Crippen LogP contribution in [-0.4, -0.2) is 76.5 Å². The van der Waals surface area contributed by atoms with E-state index in [0.29, 0.717) is 41.1 Å². The Labute approximate surface area is 349 Å². The molecule has 4 atom stereocenters. The van der Waals surface area contributed by atoms with Crippen LogP contribution in [-0.2, 0) is 46.4 Å². The van der Waals surface area contributed by atoms with Crippen LogP contribution in [0.1, 0.15) is 121 Å². The molecule has 0 radical (unpaired) electrons. The van der Waals surface area contributed by atoms with Crippen molar-refractivity contribution in [3.63, 3.8) is 0 Å². The van der Waals surface area contributed by atoms with Crippen LogP contribution in [0, 0.1) is 23.2 Å². The molecule has 5 N–H and O–H groups in total. The van der Waals surface area contributed by atoms with Crippen LogP contribution in [0.25, 0.3) is 17.2 Å². The van der Waals surface area contributed by atoms with Gasteiger partial charge in [0, 0.05) is 43.7 Å². The van der Waals surface area contributed by atoms with E-state index in [1.807, 2.05) is 6.92 Å². The number of carbonyl (C=O) groups is 6. The number of ketones is 1. The second-order valence-electron chi connectivity index (χ2n) is 15.1. The number of ether oxygens (including phenoxy) is 4. The Hall–Kier alpha value is -6.06. The predicted octanol–water partition coefficient (Wildman–Crippen LogP) is 5.71. The average molecular weight is 827 g/mol. The van der Waals surface area contributed by atoms with Crippen molar-refractivity contribution in [2.75, 3.05) is 6.54 Å². The Morgan fingerprint density at radius 2 is 1.57 bits per heavy atom. The molecule has 0 aliphatic heterocycles. The maximum absolute atomic E-state index is 14.2. The first-order valence-corrected chi connectivity index (χ1v) is 19.9. The summed E-state index contributed by atoms with van der Waals surface area (Å²) in [4.78, 5) is 82.6. The molecule has 320 valence electrons. The molecule has 1 aliphatic rings. The number of rotatable bonds is 21. The summed E-state index contributed by atoms with van der Waals surface area (Å²) in [5.41, 5.74) is 7.76. The van der Waals surface area contributed by atoms with E-state index in [1.54, 1.807) is 45.0 Å². The van der Waals surface area contributed by atoms with Gasteiger partial charge in [-0.15, -0.1) is 0 Å². The summed E-state index contributed by atoms with van der Waals surface area (Å²) >= 11 is 0. The van der Waals surface area contributed by atoms with Crippen molar-refractivity contribution >= 4 is 47.4 Å². The Morgan fingerprint density at radius 1 is 0.917 bits per heavy atom. The molecule has 3 aromatic rings. The topological polar surface area (TPSA) is 234 Å². The molecule has 1 aromatic heterocycles. The predicted molar refractivity (Wildman–Crippen MR) is 222 cm³/mol. The van der Waals surface area contributed by atoms with Gasteiger partial charge in [0.05, 0.1) is 18.9 Å². The monoisotopic (exact) mass is 826 g/mol. The molecule has 15 heteroatoms. The van der Waals surface area contributed by atoms with Gasteiger partial charge in [-0.1, -0.05) is 71.0 Å². The fourth-order valence-corrected chi connectivity index (χ4v) is 5.91. The minimum Gasteiger partial charge on any atom is -0.425 e. The highest BCUT2D eigenvalue weighted by Crippen LogP contribution is 2.33. The first-order chi connectivity index (χ1) is 28.4. The summed E-state index contributed by atoms with van der Waals surface area (Å²) in [5, 5.41) is 21.5. The van der Waals surface area contributed by atoms with E-state index in [2.05, 4.69) is 16.9 Å². The lowest BCUT2D eigenvalue weighted by atomic mass is 9.89. The fourth-order valence-electron chi connectivity index (χ4n) is 5.91. The third-order valence-corrected chi connectivity index (χ3v) is 9.95. The summed E-state index contributed by atoms with van der Waals surface area (Å²) in [6.07, 6.45) is 1.04. The first-order valence-electron chi connectivity index (χ1n) is 19.9. The van der Waals surface area contributed by atoms with Gasteiger partial charge in [-0.25, -0.2) is 9.78 Å². The minimum atomic E-state index is -1.40. The van der Waals surface area contributed by atoms with Crippen molar-refractivity contribution in [2.45, 2.75) is 98.9 Å². The molecule has 60 heavy (non-hydrogen) atoms. The molecule has 2 unspecified atom stereocenters. The van der Waals surface area contributed by atoms with Gasteiger partial charge in [0.25, 0.3) is 5.91 Å². The van der Waals surface area contributed by atoms with Gasteiger partial charge in [0.15, 0.2) is 11.5 Å². The number of amides is 1. The summed E-state index contributed by atoms with van der Waals surface area (Å²) < 4.78 is 21.0. The van der Waals surface area contributed by atoms with Crippen molar-refractivity contribution in [3.8, 4) is 11.1 Å². The van der Waals surface area contributed by atoms with Gasteiger partial charge in [0.2, 0.25) is 12.6 Å². The Kier molecular flexibility index (Phi) is 16.5. The maximum atomic E-state index is 14.2. The maximum Gasteiger partial charge on any atom is 0.360 e. The van der Waals surface area contributed by atoms with Crippen LogP contribution >= 0.6 is 0 Å². The second kappa shape index (κ2) is 21.3. The largest absolute Gasteiger partial charge is 0.425 e. The molecule has 1 aliphatic carbocycles. The number of nitrogens with zero attached hydrogens (tertiary/aromatic N) is 1. The third kappa shape index (κ3) is 12.7. The number of aliphatic hydroxyl groups is 1. The van der Waals surface area contributed by atoms with E-state index in [4.69, 9.17) is 30.1 Å². The van der Waals surface area contributed by atoms with Crippen molar-refractivity contribution in [2.24, 2.45) is 23.5 Å². The summed E-state index contributed by atoms with van der Waals surface area (Å²) in [6, 6.07) is 11.4. The molecule has 2 aromatic carbocycles. The van der Waals surface area contributed by atoms with Crippen LogP contribution in [0.4, 0.5) is 0 Å². The quantitative estimate of drug-likeness (QED) is 0.0436. The van der Waals surface area contributed by atoms with E-state index < -0.39 is 66.7 Å². The number of hydrogen-bond acceptors (Lipinski definition) is 14. The van der Waals surface area contributed by atoms with Gasteiger partial charge in [0.1, 0.15) is 11.7 Å². The number of hydrogen-bond donors (Lipinski definition) is 4. The van der Waals surface area contributed by atoms with E-state index in [9.17, 15) is 33.9 Å². The van der Waals surface area contributed by atoms with Crippen molar-refractivity contribution in [3.05, 3.63) is 94.3 Å². The molecule has 1 heterocycles. The van der Waals surface area contributed by atoms with Gasteiger partial charge >= 0.3 is 23.9 Å². The highest BCUT2D eigenvalue weighted by Gasteiger charge is 2.29. The zero-order valence-corrected chi connectivity index (χ0v) is 34.9. The molecule has 0 spiro atoms. The smallest absolute Gasteiger partial charge is 0.360 e. The van der Waals surface area contributed by atoms with E-state index >= 15 is 0 Å². The highest BCUT2D eigenvalue weighted by atomic mass is 16.7. The van der Waals surface area contributed by atoms with Crippen LogP contribution in [0.5, 0.6) is 0 Å². The molecule has 0 saturated heterocycles. The van der Waals surface area contributed by atoms with E-state index in [0.717, 1.165) is 12.8 Å². The zero-order valence-electron chi connectivity index (χ0n) is 34.9. The number of aliphatic hydroxyl groups excluding tert-OH is 1. The lowest BCUT2D eigenvalue weighted by molar-refractivity contribution is -0.186. The lowest BCUT2D eigenvalue weighted by Gasteiger charge is -2.21. The number of aromatic nitrogens is 1. The summed E-state index contributed by atoms with van der Waals surface area (Å²) in [7, 11) is 0. The zero-order chi connectivity index (χ0) is 44.3. The summed E-state index contributed by atoms with van der Waals surface area (Å²) in [6.45, 7) is 13.5.